The standard InChI is InChI=1S/C20H37N5O2.HI/c1-21-19(22-16-20(23(2)3)9-5-4-6-10-20)25-13-11-24(12-14-25)18(26)17-8-7-15-27-17;/h17H,4-16H2,1-3H3,(H,21,22);1H. The van der Waals surface area contributed by atoms with E-state index >= 15 is 0 Å². The van der Waals surface area contributed by atoms with E-state index in [2.05, 4.69) is 34.2 Å². The van der Waals surface area contributed by atoms with E-state index in [9.17, 15) is 4.79 Å². The van der Waals surface area contributed by atoms with Gasteiger partial charge in [-0.05, 0) is 39.8 Å². The molecule has 28 heavy (non-hydrogen) atoms. The first-order valence-electron chi connectivity index (χ1n) is 10.6. The van der Waals surface area contributed by atoms with Crippen LogP contribution in [-0.4, -0.2) is 98.7 Å². The first-order chi connectivity index (χ1) is 13.1. The fourth-order valence-corrected chi connectivity index (χ4v) is 4.68. The molecule has 3 aliphatic rings. The number of nitrogens with one attached hydrogen (secondary N) is 1. The highest BCUT2D eigenvalue weighted by atomic mass is 127. The van der Waals surface area contributed by atoms with Crippen molar-refractivity contribution in [1.82, 2.24) is 20.0 Å². The minimum absolute atomic E-state index is 0. The number of aliphatic imine (C=N–C) groups is 1. The highest BCUT2D eigenvalue weighted by Crippen LogP contribution is 2.31. The van der Waals surface area contributed by atoms with Crippen LogP contribution in [-0.2, 0) is 9.53 Å². The van der Waals surface area contributed by atoms with Crippen LogP contribution in [0.3, 0.4) is 0 Å². The maximum Gasteiger partial charge on any atom is 0.251 e. The molecule has 1 saturated carbocycles. The highest BCUT2D eigenvalue weighted by molar-refractivity contribution is 14.0. The molecule has 8 heteroatoms. The van der Waals surface area contributed by atoms with Gasteiger partial charge < -0.3 is 24.8 Å². The van der Waals surface area contributed by atoms with Gasteiger partial charge in [0.1, 0.15) is 6.10 Å². The van der Waals surface area contributed by atoms with Gasteiger partial charge in [0, 0.05) is 51.9 Å². The van der Waals surface area contributed by atoms with E-state index in [1.54, 1.807) is 0 Å². The molecule has 1 aliphatic carbocycles. The van der Waals surface area contributed by atoms with E-state index in [4.69, 9.17) is 4.74 Å². The molecule has 0 bridgehead atoms. The topological polar surface area (TPSA) is 60.4 Å². The summed E-state index contributed by atoms with van der Waals surface area (Å²) in [5.74, 6) is 1.13. The lowest BCUT2D eigenvalue weighted by atomic mass is 9.80. The Bertz CT molecular complexity index is 523. The normalized spacial score (nSPS) is 25.6. The second-order valence-corrected chi connectivity index (χ2v) is 8.39. The van der Waals surface area contributed by atoms with Gasteiger partial charge in [-0.25, -0.2) is 0 Å². The van der Waals surface area contributed by atoms with Gasteiger partial charge in [0.2, 0.25) is 0 Å². The fourth-order valence-electron chi connectivity index (χ4n) is 4.68. The fraction of sp³-hybridized carbons (Fsp3) is 0.900. The number of rotatable bonds is 4. The molecule has 3 fully saturated rings. The third-order valence-electron chi connectivity index (χ3n) is 6.62. The lowest BCUT2D eigenvalue weighted by Gasteiger charge is -2.44. The number of likely N-dealkylation sites (N-methyl/N-ethyl adjacent to an activating group) is 1. The van der Waals surface area contributed by atoms with E-state index in [-0.39, 0.29) is 41.5 Å². The number of hydrogen-bond acceptors (Lipinski definition) is 4. The average Bonchev–Trinajstić information content (AvgIpc) is 3.24. The zero-order chi connectivity index (χ0) is 19.3. The lowest BCUT2D eigenvalue weighted by molar-refractivity contribution is -0.142. The third-order valence-corrected chi connectivity index (χ3v) is 6.62. The molecule has 7 nitrogen and oxygen atoms in total. The molecule has 0 spiro atoms. The molecule has 162 valence electrons. The Labute approximate surface area is 187 Å². The van der Waals surface area contributed by atoms with Crippen molar-refractivity contribution in [3.8, 4) is 0 Å². The van der Waals surface area contributed by atoms with Crippen molar-refractivity contribution < 1.29 is 9.53 Å². The number of guanidine groups is 1. The van der Waals surface area contributed by atoms with Gasteiger partial charge in [-0.3, -0.25) is 9.79 Å². The summed E-state index contributed by atoms with van der Waals surface area (Å²) in [5, 5.41) is 3.64. The van der Waals surface area contributed by atoms with Gasteiger partial charge in [0.15, 0.2) is 5.96 Å². The monoisotopic (exact) mass is 507 g/mol. The molecule has 0 aromatic heterocycles. The van der Waals surface area contributed by atoms with Crippen LogP contribution in [0.25, 0.3) is 0 Å². The second kappa shape index (κ2) is 11.0. The van der Waals surface area contributed by atoms with Crippen LogP contribution >= 0.6 is 24.0 Å². The Morgan fingerprint density at radius 3 is 2.29 bits per heavy atom. The summed E-state index contributed by atoms with van der Waals surface area (Å²) in [6.07, 6.45) is 8.12. The van der Waals surface area contributed by atoms with Crippen LogP contribution in [0, 0.1) is 0 Å². The quantitative estimate of drug-likeness (QED) is 0.357. The van der Waals surface area contributed by atoms with Gasteiger partial charge in [0.25, 0.3) is 5.91 Å². The van der Waals surface area contributed by atoms with Crippen LogP contribution < -0.4 is 5.32 Å². The number of piperazine rings is 1. The number of carbonyl (C=O) groups excluding carboxylic acids is 1. The summed E-state index contributed by atoms with van der Waals surface area (Å²) >= 11 is 0. The van der Waals surface area contributed by atoms with Gasteiger partial charge in [-0.15, -0.1) is 24.0 Å². The summed E-state index contributed by atoms with van der Waals surface area (Å²) in [7, 11) is 6.26. The van der Waals surface area contributed by atoms with Gasteiger partial charge in [0.05, 0.1) is 0 Å². The molecule has 1 N–H and O–H groups in total. The Morgan fingerprint density at radius 1 is 1.11 bits per heavy atom. The zero-order valence-electron chi connectivity index (χ0n) is 17.8. The first-order valence-corrected chi connectivity index (χ1v) is 10.6. The van der Waals surface area contributed by atoms with Crippen molar-refractivity contribution in [1.29, 1.82) is 0 Å². The predicted octanol–water partition coefficient (Wildman–Crippen LogP) is 1.77. The van der Waals surface area contributed by atoms with E-state index < -0.39 is 0 Å². The number of nitrogens with zero attached hydrogens (tertiary/aromatic N) is 4. The molecule has 2 aliphatic heterocycles. The summed E-state index contributed by atoms with van der Waals surface area (Å²) in [4.78, 5) is 23.7. The molecule has 2 saturated heterocycles. The number of amides is 1. The highest BCUT2D eigenvalue weighted by Gasteiger charge is 2.35. The van der Waals surface area contributed by atoms with Crippen LogP contribution in [0.15, 0.2) is 4.99 Å². The van der Waals surface area contributed by atoms with Crippen LogP contribution in [0.5, 0.6) is 0 Å². The summed E-state index contributed by atoms with van der Waals surface area (Å²) < 4.78 is 5.56. The summed E-state index contributed by atoms with van der Waals surface area (Å²) in [5.41, 5.74) is 0.228. The maximum atomic E-state index is 12.5. The smallest absolute Gasteiger partial charge is 0.251 e. The van der Waals surface area contributed by atoms with Crippen LogP contribution in [0.4, 0.5) is 0 Å². The molecule has 2 heterocycles. The third kappa shape index (κ3) is 5.50. The molecule has 3 rings (SSSR count). The van der Waals surface area contributed by atoms with Crippen LogP contribution in [0.1, 0.15) is 44.9 Å². The van der Waals surface area contributed by atoms with E-state index in [0.717, 1.165) is 58.1 Å². The van der Waals surface area contributed by atoms with Crippen molar-refractivity contribution in [2.45, 2.75) is 56.6 Å². The molecular weight excluding hydrogens is 469 g/mol. The van der Waals surface area contributed by atoms with Gasteiger partial charge in [-0.2, -0.15) is 0 Å². The Balaban J connectivity index is 0.00000280. The molecule has 0 radical (unpaired) electrons. The zero-order valence-corrected chi connectivity index (χ0v) is 20.1. The largest absolute Gasteiger partial charge is 0.368 e. The average molecular weight is 507 g/mol. The van der Waals surface area contributed by atoms with Crippen molar-refractivity contribution in [2.75, 3.05) is 60.5 Å². The molecule has 0 aromatic carbocycles. The lowest BCUT2D eigenvalue weighted by Crippen LogP contribution is -2.59. The number of halogens is 1. The van der Waals surface area contributed by atoms with Crippen molar-refractivity contribution in [3.63, 3.8) is 0 Å². The molecule has 0 aromatic rings. The predicted molar refractivity (Wildman–Crippen MR) is 123 cm³/mol. The second-order valence-electron chi connectivity index (χ2n) is 8.39. The molecular formula is C20H38IN5O2. The number of hydrogen-bond donors (Lipinski definition) is 1. The van der Waals surface area contributed by atoms with E-state index in [1.165, 1.54) is 32.1 Å². The number of carbonyl (C=O) groups is 1. The Morgan fingerprint density at radius 2 is 1.75 bits per heavy atom. The van der Waals surface area contributed by atoms with Crippen molar-refractivity contribution >= 4 is 35.8 Å². The van der Waals surface area contributed by atoms with Gasteiger partial charge in [-0.1, -0.05) is 19.3 Å². The van der Waals surface area contributed by atoms with Gasteiger partial charge >= 0.3 is 0 Å². The van der Waals surface area contributed by atoms with Crippen molar-refractivity contribution in [3.05, 3.63) is 0 Å². The minimum Gasteiger partial charge on any atom is -0.368 e. The van der Waals surface area contributed by atoms with Crippen LogP contribution in [0.2, 0.25) is 0 Å². The van der Waals surface area contributed by atoms with Crippen molar-refractivity contribution in [2.24, 2.45) is 4.99 Å². The Hall–Kier alpha value is -0.610. The van der Waals surface area contributed by atoms with E-state index in [1.807, 2.05) is 11.9 Å². The maximum absolute atomic E-state index is 12.5. The molecule has 1 atom stereocenters. The molecule has 1 amide bonds. The SMILES string of the molecule is CN=C(NCC1(N(C)C)CCCCC1)N1CCN(C(=O)C2CCCO2)CC1.I. The minimum atomic E-state index is -0.208. The van der Waals surface area contributed by atoms with E-state index in [0.29, 0.717) is 0 Å². The summed E-state index contributed by atoms with van der Waals surface area (Å²) in [6, 6.07) is 0. The summed E-state index contributed by atoms with van der Waals surface area (Å²) in [6.45, 7) is 4.80. The Kier molecular flexibility index (Phi) is 9.27. The molecule has 1 unspecified atom stereocenters. The first kappa shape index (κ1) is 23.7. The number of ether oxygens (including phenoxy) is 1.